The standard InChI is InChI=1S/C11H12N2O2/c1-7-13-6-11(15-7)9-4-3-8(12)5-10(9)14-2/h3-6H,12H2,1-2H3. The van der Waals surface area contributed by atoms with Gasteiger partial charge in [-0.15, -0.1) is 0 Å². The summed E-state index contributed by atoms with van der Waals surface area (Å²) in [5.41, 5.74) is 7.17. The number of oxazole rings is 1. The second kappa shape index (κ2) is 3.65. The van der Waals surface area contributed by atoms with Crippen LogP contribution in [0, 0.1) is 6.92 Å². The molecule has 0 spiro atoms. The minimum absolute atomic E-state index is 0.629. The van der Waals surface area contributed by atoms with E-state index in [1.165, 1.54) is 0 Å². The van der Waals surface area contributed by atoms with Crippen molar-refractivity contribution >= 4 is 5.69 Å². The SMILES string of the molecule is COc1cc(N)ccc1-c1cnc(C)o1. The Labute approximate surface area is 87.7 Å². The molecule has 2 rings (SSSR count). The Morgan fingerprint density at radius 1 is 1.40 bits per heavy atom. The van der Waals surface area contributed by atoms with Gasteiger partial charge in [0.05, 0.1) is 18.9 Å². The van der Waals surface area contributed by atoms with Gasteiger partial charge in [-0.1, -0.05) is 0 Å². The molecule has 0 saturated heterocycles. The molecule has 2 aromatic rings. The fourth-order valence-electron chi connectivity index (χ4n) is 1.40. The number of nitrogen functional groups attached to an aromatic ring is 1. The minimum Gasteiger partial charge on any atom is -0.496 e. The van der Waals surface area contributed by atoms with Crippen molar-refractivity contribution in [1.29, 1.82) is 0 Å². The van der Waals surface area contributed by atoms with E-state index in [2.05, 4.69) is 4.98 Å². The van der Waals surface area contributed by atoms with E-state index >= 15 is 0 Å². The molecule has 0 aliphatic heterocycles. The third-order valence-corrected chi connectivity index (χ3v) is 2.11. The molecule has 0 bridgehead atoms. The van der Waals surface area contributed by atoms with Crippen LogP contribution >= 0.6 is 0 Å². The molecule has 1 aromatic carbocycles. The number of rotatable bonds is 2. The Kier molecular flexibility index (Phi) is 2.33. The van der Waals surface area contributed by atoms with E-state index in [0.29, 0.717) is 23.1 Å². The van der Waals surface area contributed by atoms with Gasteiger partial charge < -0.3 is 14.9 Å². The lowest BCUT2D eigenvalue weighted by Gasteiger charge is -2.06. The van der Waals surface area contributed by atoms with Crippen molar-refractivity contribution < 1.29 is 9.15 Å². The maximum absolute atomic E-state index is 5.66. The van der Waals surface area contributed by atoms with Crippen LogP contribution < -0.4 is 10.5 Å². The van der Waals surface area contributed by atoms with Crippen LogP contribution in [0.3, 0.4) is 0 Å². The Morgan fingerprint density at radius 3 is 2.80 bits per heavy atom. The Bertz CT molecular complexity index is 477. The number of hydrogen-bond donors (Lipinski definition) is 1. The van der Waals surface area contributed by atoms with Gasteiger partial charge in [0.15, 0.2) is 11.7 Å². The van der Waals surface area contributed by atoms with Crippen LogP contribution in [0.1, 0.15) is 5.89 Å². The molecule has 4 nitrogen and oxygen atoms in total. The third kappa shape index (κ3) is 1.79. The highest BCUT2D eigenvalue weighted by molar-refractivity contribution is 5.68. The van der Waals surface area contributed by atoms with Crippen LogP contribution in [0.4, 0.5) is 5.69 Å². The van der Waals surface area contributed by atoms with E-state index in [9.17, 15) is 0 Å². The van der Waals surface area contributed by atoms with Crippen molar-refractivity contribution in [2.45, 2.75) is 6.92 Å². The lowest BCUT2D eigenvalue weighted by molar-refractivity contribution is 0.414. The zero-order chi connectivity index (χ0) is 10.8. The number of anilines is 1. The lowest BCUT2D eigenvalue weighted by atomic mass is 10.1. The zero-order valence-corrected chi connectivity index (χ0v) is 8.65. The summed E-state index contributed by atoms with van der Waals surface area (Å²) in [5.74, 6) is 2.00. The molecule has 1 aromatic heterocycles. The van der Waals surface area contributed by atoms with Crippen molar-refractivity contribution in [3.63, 3.8) is 0 Å². The first-order valence-electron chi connectivity index (χ1n) is 4.57. The molecule has 1 heterocycles. The predicted molar refractivity (Wildman–Crippen MR) is 57.6 cm³/mol. The van der Waals surface area contributed by atoms with Gasteiger partial charge in [-0.25, -0.2) is 4.98 Å². The quantitative estimate of drug-likeness (QED) is 0.762. The van der Waals surface area contributed by atoms with Crippen molar-refractivity contribution in [2.24, 2.45) is 0 Å². The molecule has 0 fully saturated rings. The average molecular weight is 204 g/mol. The molecule has 0 amide bonds. The molecule has 0 atom stereocenters. The van der Waals surface area contributed by atoms with Gasteiger partial charge in [-0.05, 0) is 12.1 Å². The van der Waals surface area contributed by atoms with E-state index in [1.54, 1.807) is 32.4 Å². The lowest BCUT2D eigenvalue weighted by Crippen LogP contribution is -1.90. The van der Waals surface area contributed by atoms with E-state index < -0.39 is 0 Å². The Balaban J connectivity index is 2.52. The molecule has 78 valence electrons. The molecule has 15 heavy (non-hydrogen) atoms. The van der Waals surface area contributed by atoms with Crippen LogP contribution in [0.15, 0.2) is 28.8 Å². The number of benzene rings is 1. The van der Waals surface area contributed by atoms with E-state index in [4.69, 9.17) is 14.9 Å². The topological polar surface area (TPSA) is 61.3 Å². The van der Waals surface area contributed by atoms with Crippen LogP contribution in [0.25, 0.3) is 11.3 Å². The van der Waals surface area contributed by atoms with Gasteiger partial charge in [-0.2, -0.15) is 0 Å². The molecule has 0 aliphatic carbocycles. The molecular formula is C11H12N2O2. The largest absolute Gasteiger partial charge is 0.496 e. The minimum atomic E-state index is 0.629. The summed E-state index contributed by atoms with van der Waals surface area (Å²) in [4.78, 5) is 4.04. The van der Waals surface area contributed by atoms with Gasteiger partial charge in [-0.3, -0.25) is 0 Å². The fraction of sp³-hybridized carbons (Fsp3) is 0.182. The number of hydrogen-bond acceptors (Lipinski definition) is 4. The summed E-state index contributed by atoms with van der Waals surface area (Å²) in [6.45, 7) is 1.80. The third-order valence-electron chi connectivity index (χ3n) is 2.11. The average Bonchev–Trinajstić information content (AvgIpc) is 2.64. The van der Waals surface area contributed by atoms with E-state index in [-0.39, 0.29) is 0 Å². The second-order valence-corrected chi connectivity index (χ2v) is 3.20. The number of ether oxygens (including phenoxy) is 1. The van der Waals surface area contributed by atoms with Crippen molar-refractivity contribution in [2.75, 3.05) is 12.8 Å². The van der Waals surface area contributed by atoms with Crippen LogP contribution in [-0.4, -0.2) is 12.1 Å². The number of aromatic nitrogens is 1. The van der Waals surface area contributed by atoms with Gasteiger partial charge in [0.2, 0.25) is 0 Å². The van der Waals surface area contributed by atoms with Gasteiger partial charge in [0.25, 0.3) is 0 Å². The van der Waals surface area contributed by atoms with Gasteiger partial charge in [0.1, 0.15) is 5.75 Å². The highest BCUT2D eigenvalue weighted by atomic mass is 16.5. The van der Waals surface area contributed by atoms with Crippen molar-refractivity contribution in [3.05, 3.63) is 30.3 Å². The van der Waals surface area contributed by atoms with Crippen LogP contribution in [0.5, 0.6) is 5.75 Å². The smallest absolute Gasteiger partial charge is 0.191 e. The van der Waals surface area contributed by atoms with E-state index in [1.807, 2.05) is 6.07 Å². The maximum Gasteiger partial charge on any atom is 0.191 e. The monoisotopic (exact) mass is 204 g/mol. The first-order chi connectivity index (χ1) is 7.20. The van der Waals surface area contributed by atoms with Gasteiger partial charge >= 0.3 is 0 Å². The Hall–Kier alpha value is -1.97. The van der Waals surface area contributed by atoms with Gasteiger partial charge in [0, 0.05) is 18.7 Å². The summed E-state index contributed by atoms with van der Waals surface area (Å²) in [6.07, 6.45) is 1.67. The number of nitrogens with two attached hydrogens (primary N) is 1. The summed E-state index contributed by atoms with van der Waals surface area (Å²) in [5, 5.41) is 0. The molecule has 4 heteroatoms. The molecule has 0 aliphatic rings. The highest BCUT2D eigenvalue weighted by Crippen LogP contribution is 2.31. The fourth-order valence-corrected chi connectivity index (χ4v) is 1.40. The summed E-state index contributed by atoms with van der Waals surface area (Å²) >= 11 is 0. The highest BCUT2D eigenvalue weighted by Gasteiger charge is 2.09. The van der Waals surface area contributed by atoms with Crippen LogP contribution in [0.2, 0.25) is 0 Å². The molecule has 0 saturated carbocycles. The molecule has 2 N–H and O–H groups in total. The van der Waals surface area contributed by atoms with E-state index in [0.717, 1.165) is 5.56 Å². The molecular weight excluding hydrogens is 192 g/mol. The summed E-state index contributed by atoms with van der Waals surface area (Å²) < 4.78 is 10.6. The normalized spacial score (nSPS) is 10.3. The maximum atomic E-state index is 5.66. The Morgan fingerprint density at radius 2 is 2.20 bits per heavy atom. The van der Waals surface area contributed by atoms with Crippen LogP contribution in [-0.2, 0) is 0 Å². The number of methoxy groups -OCH3 is 1. The van der Waals surface area contributed by atoms with Crippen molar-refractivity contribution in [3.8, 4) is 17.1 Å². The summed E-state index contributed by atoms with van der Waals surface area (Å²) in [7, 11) is 1.60. The molecule has 0 radical (unpaired) electrons. The second-order valence-electron chi connectivity index (χ2n) is 3.20. The predicted octanol–water partition coefficient (Wildman–Crippen LogP) is 2.24. The summed E-state index contributed by atoms with van der Waals surface area (Å²) in [6, 6.07) is 5.41. The van der Waals surface area contributed by atoms with Crippen molar-refractivity contribution in [1.82, 2.24) is 4.98 Å². The number of aryl methyl sites for hydroxylation is 1. The number of nitrogens with zero attached hydrogens (tertiary/aromatic N) is 1. The first-order valence-corrected chi connectivity index (χ1v) is 4.57. The first kappa shape index (κ1) is 9.58. The zero-order valence-electron chi connectivity index (χ0n) is 8.65. The molecule has 0 unspecified atom stereocenters.